The van der Waals surface area contributed by atoms with Crippen molar-refractivity contribution >= 4 is 23.5 Å². The molecule has 5 nitrogen and oxygen atoms in total. The van der Waals surface area contributed by atoms with Gasteiger partial charge in [0, 0.05) is 16.8 Å². The van der Waals surface area contributed by atoms with Crippen LogP contribution in [0.1, 0.15) is 21.7 Å². The number of carbonyl (C=O) groups excluding carboxylic acids is 1. The molecule has 0 amide bonds. The number of ketones is 1. The molecule has 144 valence electrons. The quantitative estimate of drug-likeness (QED) is 0.363. The smallest absolute Gasteiger partial charge is 0.330 e. The largest absolute Gasteiger partial charge is 0.460 e. The third kappa shape index (κ3) is 4.00. The van der Waals surface area contributed by atoms with Gasteiger partial charge in [0.2, 0.25) is 0 Å². The lowest BCUT2D eigenvalue weighted by Crippen LogP contribution is -2.16. The van der Waals surface area contributed by atoms with Crippen molar-refractivity contribution in [2.24, 2.45) is 0 Å². The highest BCUT2D eigenvalue weighted by Crippen LogP contribution is 2.23. The van der Waals surface area contributed by atoms with Gasteiger partial charge in [0.1, 0.15) is 11.5 Å². The number of carbonyl (C=O) groups is 1. The number of nitrogens with one attached hydrogen (secondary N) is 1. The molecule has 0 saturated carbocycles. The number of allylic oxidation sites excluding steroid dienone is 1. The van der Waals surface area contributed by atoms with E-state index in [1.165, 1.54) is 10.6 Å². The Hall–Kier alpha value is -3.57. The maximum Gasteiger partial charge on any atom is 0.330 e. The second-order valence-corrected chi connectivity index (χ2v) is 6.96. The first-order valence-electron chi connectivity index (χ1n) is 8.97. The Labute approximate surface area is 171 Å². The Morgan fingerprint density at radius 2 is 1.90 bits per heavy atom. The molecule has 0 unspecified atom stereocenters. The van der Waals surface area contributed by atoms with Gasteiger partial charge in [0.05, 0.1) is 5.69 Å². The number of aryl methyl sites for hydroxylation is 1. The number of H-pyrrole nitrogens is 1. The van der Waals surface area contributed by atoms with Crippen LogP contribution in [0, 0.1) is 6.92 Å². The summed E-state index contributed by atoms with van der Waals surface area (Å²) in [5, 5.41) is 0.640. The van der Waals surface area contributed by atoms with Crippen LogP contribution in [0.2, 0.25) is 5.02 Å². The number of aromatic amines is 1. The van der Waals surface area contributed by atoms with Gasteiger partial charge in [-0.25, -0.2) is 4.79 Å². The second kappa shape index (κ2) is 7.81. The molecule has 0 spiro atoms. The number of hydrogen-bond acceptors (Lipinski definition) is 3. The summed E-state index contributed by atoms with van der Waals surface area (Å²) in [5.74, 6) is 1.15. The number of hydrogen-bond donors (Lipinski definition) is 1. The van der Waals surface area contributed by atoms with Gasteiger partial charge in [0.25, 0.3) is 0 Å². The maximum atomic E-state index is 12.6. The van der Waals surface area contributed by atoms with Crippen LogP contribution in [0.25, 0.3) is 23.2 Å². The summed E-state index contributed by atoms with van der Waals surface area (Å²) in [6, 6.07) is 17.8. The molecule has 2 aromatic carbocycles. The van der Waals surface area contributed by atoms with E-state index in [9.17, 15) is 9.59 Å². The molecule has 2 aromatic heterocycles. The Morgan fingerprint density at radius 1 is 1.10 bits per heavy atom. The van der Waals surface area contributed by atoms with E-state index < -0.39 is 0 Å². The maximum absolute atomic E-state index is 12.6. The van der Waals surface area contributed by atoms with Crippen LogP contribution in [0.4, 0.5) is 0 Å². The summed E-state index contributed by atoms with van der Waals surface area (Å²) in [7, 11) is 0. The van der Waals surface area contributed by atoms with Gasteiger partial charge < -0.3 is 9.40 Å². The molecule has 0 saturated heterocycles. The van der Waals surface area contributed by atoms with Crippen molar-refractivity contribution in [1.82, 2.24) is 9.55 Å². The minimum absolute atomic E-state index is 0.166. The minimum Gasteiger partial charge on any atom is -0.460 e. The van der Waals surface area contributed by atoms with Gasteiger partial charge in [-0.05, 0) is 55.0 Å². The average Bonchev–Trinajstić information content (AvgIpc) is 3.32. The number of rotatable bonds is 5. The van der Waals surface area contributed by atoms with Crippen LogP contribution in [-0.4, -0.2) is 15.3 Å². The first kappa shape index (κ1) is 18.8. The van der Waals surface area contributed by atoms with E-state index in [2.05, 4.69) is 4.98 Å². The molecule has 0 bridgehead atoms. The van der Waals surface area contributed by atoms with E-state index in [0.717, 1.165) is 11.3 Å². The number of halogens is 1. The van der Waals surface area contributed by atoms with Crippen molar-refractivity contribution in [3.63, 3.8) is 0 Å². The number of aromatic nitrogens is 2. The highest BCUT2D eigenvalue weighted by molar-refractivity contribution is 6.30. The van der Waals surface area contributed by atoms with Gasteiger partial charge in [-0.15, -0.1) is 0 Å². The molecule has 0 aliphatic rings. The van der Waals surface area contributed by atoms with E-state index in [4.69, 9.17) is 16.0 Å². The molecule has 0 atom stereocenters. The number of furan rings is 1. The fraction of sp³-hybridized carbons (Fsp3) is 0.0435. The first-order chi connectivity index (χ1) is 14.0. The van der Waals surface area contributed by atoms with Gasteiger partial charge in [0.15, 0.2) is 11.5 Å². The molecule has 4 rings (SSSR count). The molecule has 0 aliphatic heterocycles. The molecule has 0 aliphatic carbocycles. The standard InChI is InChI=1S/C23H17ClN2O3/c1-15-5-12-22(29-15)20-14-25-23(28)26(20)19-4-2-3-17(13-19)21(27)11-8-16-6-9-18(24)10-7-16/h2-14H,1H3,(H,25,28). The van der Waals surface area contributed by atoms with E-state index in [1.54, 1.807) is 54.7 Å². The minimum atomic E-state index is -0.310. The average molecular weight is 405 g/mol. The van der Waals surface area contributed by atoms with Crippen LogP contribution in [0.15, 0.2) is 82.1 Å². The predicted octanol–water partition coefficient (Wildman–Crippen LogP) is 5.28. The monoisotopic (exact) mass is 404 g/mol. The first-order valence-corrected chi connectivity index (χ1v) is 9.35. The van der Waals surface area contributed by atoms with E-state index in [-0.39, 0.29) is 11.5 Å². The van der Waals surface area contributed by atoms with Crippen molar-refractivity contribution in [2.45, 2.75) is 6.92 Å². The Bertz CT molecular complexity index is 1260. The molecule has 6 heteroatoms. The summed E-state index contributed by atoms with van der Waals surface area (Å²) in [5.41, 5.74) is 2.20. The fourth-order valence-electron chi connectivity index (χ4n) is 3.02. The zero-order valence-electron chi connectivity index (χ0n) is 15.6. The zero-order valence-corrected chi connectivity index (χ0v) is 16.3. The molecule has 29 heavy (non-hydrogen) atoms. The third-order valence-corrected chi connectivity index (χ3v) is 4.71. The van der Waals surface area contributed by atoms with E-state index >= 15 is 0 Å². The van der Waals surface area contributed by atoms with Crippen LogP contribution in [-0.2, 0) is 0 Å². The molecule has 0 fully saturated rings. The molecule has 1 N–H and O–H groups in total. The lowest BCUT2D eigenvalue weighted by Gasteiger charge is -2.07. The molecule has 2 heterocycles. The van der Waals surface area contributed by atoms with Crippen LogP contribution < -0.4 is 5.69 Å². The van der Waals surface area contributed by atoms with Gasteiger partial charge in [-0.3, -0.25) is 9.36 Å². The van der Waals surface area contributed by atoms with Gasteiger partial charge in [-0.1, -0.05) is 41.9 Å². The van der Waals surface area contributed by atoms with E-state index in [1.807, 2.05) is 25.1 Å². The number of benzene rings is 2. The summed E-state index contributed by atoms with van der Waals surface area (Å²) in [6.07, 6.45) is 4.82. The highest BCUT2D eigenvalue weighted by atomic mass is 35.5. The van der Waals surface area contributed by atoms with Crippen LogP contribution in [0.5, 0.6) is 0 Å². The topological polar surface area (TPSA) is 68.0 Å². The van der Waals surface area contributed by atoms with E-state index in [0.29, 0.717) is 27.7 Å². The number of nitrogens with zero attached hydrogens (tertiary/aromatic N) is 1. The summed E-state index contributed by atoms with van der Waals surface area (Å²) in [4.78, 5) is 27.7. The molecular weight excluding hydrogens is 388 g/mol. The molecule has 4 aromatic rings. The lowest BCUT2D eigenvalue weighted by atomic mass is 10.1. The van der Waals surface area contributed by atoms with Gasteiger partial charge in [-0.2, -0.15) is 0 Å². The Morgan fingerprint density at radius 3 is 2.62 bits per heavy atom. The third-order valence-electron chi connectivity index (χ3n) is 4.46. The van der Waals surface area contributed by atoms with Crippen LogP contribution >= 0.6 is 11.6 Å². The summed E-state index contributed by atoms with van der Waals surface area (Å²) in [6.45, 7) is 1.84. The van der Waals surface area contributed by atoms with Crippen molar-refractivity contribution in [3.8, 4) is 17.1 Å². The Balaban J connectivity index is 1.66. The number of imidazole rings is 1. The zero-order chi connectivity index (χ0) is 20.4. The molecule has 0 radical (unpaired) electrons. The van der Waals surface area contributed by atoms with Crippen molar-refractivity contribution in [1.29, 1.82) is 0 Å². The van der Waals surface area contributed by atoms with Crippen molar-refractivity contribution in [3.05, 3.63) is 105 Å². The van der Waals surface area contributed by atoms with Crippen LogP contribution in [0.3, 0.4) is 0 Å². The fourth-order valence-corrected chi connectivity index (χ4v) is 3.14. The predicted molar refractivity (Wildman–Crippen MR) is 114 cm³/mol. The lowest BCUT2D eigenvalue weighted by molar-refractivity contribution is 0.104. The SMILES string of the molecule is Cc1ccc(-c2c[nH]c(=O)n2-c2cccc(C(=O)C=Cc3ccc(Cl)cc3)c2)o1. The molecular formula is C23H17ClN2O3. The highest BCUT2D eigenvalue weighted by Gasteiger charge is 2.14. The van der Waals surface area contributed by atoms with Crippen molar-refractivity contribution < 1.29 is 9.21 Å². The summed E-state index contributed by atoms with van der Waals surface area (Å²) >= 11 is 5.88. The normalized spacial score (nSPS) is 11.2. The van der Waals surface area contributed by atoms with Crippen molar-refractivity contribution in [2.75, 3.05) is 0 Å². The summed E-state index contributed by atoms with van der Waals surface area (Å²) < 4.78 is 7.14. The van der Waals surface area contributed by atoms with Gasteiger partial charge >= 0.3 is 5.69 Å². The second-order valence-electron chi connectivity index (χ2n) is 6.52. The Kier molecular flexibility index (Phi) is 5.06.